The Labute approximate surface area is 168 Å². The van der Waals surface area contributed by atoms with Gasteiger partial charge in [-0.05, 0) is 61.1 Å². The lowest BCUT2D eigenvalue weighted by atomic mass is 10.1. The summed E-state index contributed by atoms with van der Waals surface area (Å²) in [7, 11) is 0. The fourth-order valence-corrected chi connectivity index (χ4v) is 2.61. The van der Waals surface area contributed by atoms with Crippen LogP contribution in [-0.2, 0) is 0 Å². The van der Waals surface area contributed by atoms with Crippen molar-refractivity contribution in [2.75, 3.05) is 10.6 Å². The van der Waals surface area contributed by atoms with Gasteiger partial charge in [-0.15, -0.1) is 0 Å². The SMILES string of the molecule is C/C(=N\NC(=O)c1ccncc1)c1ccc(NC(=S)Nc2ccccc2)cc1. The quantitative estimate of drug-likeness (QED) is 0.349. The summed E-state index contributed by atoms with van der Waals surface area (Å²) in [5.74, 6) is -0.280. The lowest BCUT2D eigenvalue weighted by Crippen LogP contribution is -2.19. The topological polar surface area (TPSA) is 78.4 Å². The number of thiocarbonyl (C=S) groups is 1. The zero-order chi connectivity index (χ0) is 19.8. The van der Waals surface area contributed by atoms with E-state index < -0.39 is 0 Å². The Balaban J connectivity index is 1.57. The largest absolute Gasteiger partial charge is 0.332 e. The van der Waals surface area contributed by atoms with Crippen molar-refractivity contribution in [3.63, 3.8) is 0 Å². The van der Waals surface area contributed by atoms with Gasteiger partial charge in [0.2, 0.25) is 0 Å². The summed E-state index contributed by atoms with van der Waals surface area (Å²) in [6.45, 7) is 1.83. The van der Waals surface area contributed by atoms with Gasteiger partial charge < -0.3 is 10.6 Å². The van der Waals surface area contributed by atoms with Gasteiger partial charge in [-0.1, -0.05) is 30.3 Å². The average Bonchev–Trinajstić information content (AvgIpc) is 2.73. The Hall–Kier alpha value is -3.58. The standard InChI is InChI=1S/C21H19N5OS/c1-15(25-26-20(27)17-11-13-22-14-12-17)16-7-9-19(10-8-16)24-21(28)23-18-5-3-2-4-6-18/h2-14H,1H3,(H,26,27)(H2,23,24,28)/b25-15+. The molecule has 28 heavy (non-hydrogen) atoms. The van der Waals surface area contributed by atoms with E-state index in [9.17, 15) is 4.79 Å². The Morgan fingerprint density at radius 1 is 0.857 bits per heavy atom. The highest BCUT2D eigenvalue weighted by atomic mass is 32.1. The summed E-state index contributed by atoms with van der Waals surface area (Å²) in [5.41, 5.74) is 6.41. The van der Waals surface area contributed by atoms with Crippen molar-refractivity contribution in [1.82, 2.24) is 10.4 Å². The minimum absolute atomic E-state index is 0.280. The van der Waals surface area contributed by atoms with Crippen LogP contribution in [0.2, 0.25) is 0 Å². The number of hydrazone groups is 1. The Kier molecular flexibility index (Phi) is 6.43. The monoisotopic (exact) mass is 389 g/mol. The van der Waals surface area contributed by atoms with Crippen molar-refractivity contribution in [3.8, 4) is 0 Å². The molecule has 0 aliphatic carbocycles. The molecule has 0 bridgehead atoms. The molecule has 3 rings (SSSR count). The number of nitrogens with one attached hydrogen (secondary N) is 3. The third-order valence-electron chi connectivity index (χ3n) is 3.86. The van der Waals surface area contributed by atoms with Crippen LogP contribution in [0.3, 0.4) is 0 Å². The minimum atomic E-state index is -0.280. The second-order valence-electron chi connectivity index (χ2n) is 5.90. The third kappa shape index (κ3) is 5.46. The fraction of sp³-hybridized carbons (Fsp3) is 0.0476. The summed E-state index contributed by atoms with van der Waals surface area (Å²) in [5, 5.41) is 10.9. The number of para-hydroxylation sites is 1. The fourth-order valence-electron chi connectivity index (χ4n) is 2.38. The van der Waals surface area contributed by atoms with E-state index in [1.807, 2.05) is 61.5 Å². The molecular weight excluding hydrogens is 370 g/mol. The average molecular weight is 389 g/mol. The van der Waals surface area contributed by atoms with E-state index in [0.717, 1.165) is 16.9 Å². The van der Waals surface area contributed by atoms with Gasteiger partial charge in [0.1, 0.15) is 0 Å². The van der Waals surface area contributed by atoms with E-state index in [2.05, 4.69) is 26.1 Å². The molecule has 3 aromatic rings. The maximum atomic E-state index is 12.0. The molecule has 1 aromatic heterocycles. The van der Waals surface area contributed by atoms with Gasteiger partial charge in [0.25, 0.3) is 5.91 Å². The van der Waals surface area contributed by atoms with Crippen LogP contribution in [0.4, 0.5) is 11.4 Å². The smallest absolute Gasteiger partial charge is 0.271 e. The highest BCUT2D eigenvalue weighted by Gasteiger charge is 2.05. The predicted octanol–water partition coefficient (Wildman–Crippen LogP) is 4.04. The molecule has 2 aromatic carbocycles. The molecule has 3 N–H and O–H groups in total. The molecule has 0 aliphatic heterocycles. The number of anilines is 2. The maximum Gasteiger partial charge on any atom is 0.271 e. The number of carbonyl (C=O) groups excluding carboxylic acids is 1. The van der Waals surface area contributed by atoms with Crippen LogP contribution < -0.4 is 16.1 Å². The zero-order valence-corrected chi connectivity index (χ0v) is 16.0. The summed E-state index contributed by atoms with van der Waals surface area (Å²) in [6, 6.07) is 20.6. The molecule has 0 saturated carbocycles. The van der Waals surface area contributed by atoms with Crippen molar-refractivity contribution < 1.29 is 4.79 Å². The first kappa shape index (κ1) is 19.2. The van der Waals surface area contributed by atoms with E-state index in [0.29, 0.717) is 16.4 Å². The first-order chi connectivity index (χ1) is 13.6. The number of aromatic nitrogens is 1. The number of pyridine rings is 1. The predicted molar refractivity (Wildman–Crippen MR) is 117 cm³/mol. The molecule has 0 fully saturated rings. The Morgan fingerprint density at radius 3 is 2.11 bits per heavy atom. The molecule has 1 heterocycles. The van der Waals surface area contributed by atoms with Crippen molar-refractivity contribution in [1.29, 1.82) is 0 Å². The van der Waals surface area contributed by atoms with Crippen LogP contribution in [0.25, 0.3) is 0 Å². The molecule has 0 spiro atoms. The molecule has 0 saturated heterocycles. The summed E-state index contributed by atoms with van der Waals surface area (Å²) in [6.07, 6.45) is 3.13. The van der Waals surface area contributed by atoms with E-state index in [4.69, 9.17) is 12.2 Å². The van der Waals surface area contributed by atoms with Gasteiger partial charge in [-0.3, -0.25) is 9.78 Å². The number of rotatable bonds is 5. The number of benzene rings is 2. The van der Waals surface area contributed by atoms with Crippen molar-refractivity contribution in [2.45, 2.75) is 6.92 Å². The second-order valence-corrected chi connectivity index (χ2v) is 6.30. The maximum absolute atomic E-state index is 12.0. The van der Waals surface area contributed by atoms with Gasteiger partial charge in [-0.25, -0.2) is 5.43 Å². The molecular formula is C21H19N5OS. The van der Waals surface area contributed by atoms with Gasteiger partial charge in [-0.2, -0.15) is 5.10 Å². The number of nitrogens with zero attached hydrogens (tertiary/aromatic N) is 2. The van der Waals surface area contributed by atoms with Gasteiger partial charge in [0.05, 0.1) is 5.71 Å². The molecule has 0 unspecified atom stereocenters. The van der Waals surface area contributed by atoms with E-state index in [-0.39, 0.29) is 5.91 Å². The van der Waals surface area contributed by atoms with E-state index in [1.165, 1.54) is 0 Å². The van der Waals surface area contributed by atoms with E-state index >= 15 is 0 Å². The van der Waals surface area contributed by atoms with Crippen LogP contribution in [0.15, 0.2) is 84.2 Å². The van der Waals surface area contributed by atoms with Crippen molar-refractivity contribution >= 4 is 40.3 Å². The summed E-state index contributed by atoms with van der Waals surface area (Å²) < 4.78 is 0. The molecule has 1 amide bonds. The Morgan fingerprint density at radius 2 is 1.46 bits per heavy atom. The molecule has 6 nitrogen and oxygen atoms in total. The first-order valence-corrected chi connectivity index (χ1v) is 9.01. The summed E-state index contributed by atoms with van der Waals surface area (Å²) >= 11 is 5.32. The zero-order valence-electron chi connectivity index (χ0n) is 15.2. The van der Waals surface area contributed by atoms with Gasteiger partial charge >= 0.3 is 0 Å². The highest BCUT2D eigenvalue weighted by molar-refractivity contribution is 7.80. The van der Waals surface area contributed by atoms with Crippen LogP contribution in [0, 0.1) is 0 Å². The van der Waals surface area contributed by atoms with Crippen molar-refractivity contribution in [2.24, 2.45) is 5.10 Å². The number of carbonyl (C=O) groups is 1. The second kappa shape index (κ2) is 9.38. The molecule has 0 radical (unpaired) electrons. The first-order valence-electron chi connectivity index (χ1n) is 8.60. The lowest BCUT2D eigenvalue weighted by Gasteiger charge is -2.11. The lowest BCUT2D eigenvalue weighted by molar-refractivity contribution is 0.0954. The van der Waals surface area contributed by atoms with Gasteiger partial charge in [0.15, 0.2) is 5.11 Å². The number of hydrogen-bond donors (Lipinski definition) is 3. The number of hydrogen-bond acceptors (Lipinski definition) is 4. The van der Waals surface area contributed by atoms with Crippen LogP contribution in [-0.4, -0.2) is 21.7 Å². The van der Waals surface area contributed by atoms with Gasteiger partial charge in [0, 0.05) is 29.3 Å². The summed E-state index contributed by atoms with van der Waals surface area (Å²) in [4.78, 5) is 15.9. The van der Waals surface area contributed by atoms with Crippen LogP contribution in [0.1, 0.15) is 22.8 Å². The molecule has 7 heteroatoms. The minimum Gasteiger partial charge on any atom is -0.332 e. The van der Waals surface area contributed by atoms with Crippen LogP contribution >= 0.6 is 12.2 Å². The van der Waals surface area contributed by atoms with E-state index in [1.54, 1.807) is 24.5 Å². The number of amides is 1. The molecule has 0 atom stereocenters. The highest BCUT2D eigenvalue weighted by Crippen LogP contribution is 2.12. The van der Waals surface area contributed by atoms with Crippen LogP contribution in [0.5, 0.6) is 0 Å². The Bertz CT molecular complexity index is 973. The normalized spacial score (nSPS) is 10.8. The molecule has 0 aliphatic rings. The molecule has 140 valence electrons. The van der Waals surface area contributed by atoms with Crippen molar-refractivity contribution in [3.05, 3.63) is 90.3 Å². The third-order valence-corrected chi connectivity index (χ3v) is 4.06.